The number of carbonyl (C=O) groups is 1. The second kappa shape index (κ2) is 7.24. The number of esters is 1. The molecule has 3 nitrogen and oxygen atoms in total. The Hall–Kier alpha value is -0.613. The van der Waals surface area contributed by atoms with Crippen LogP contribution < -0.4 is 0 Å². The Kier molecular flexibility index (Phi) is 7.01. The number of hydrogen-bond acceptors (Lipinski definition) is 3. The zero-order valence-electron chi connectivity index (χ0n) is 13.8. The SMILES string of the molecule is CCOC(=O)C(CCO[Si](C)(C)C(C)(C)C)=C(C)C. The van der Waals surface area contributed by atoms with Crippen molar-refractivity contribution >= 4 is 14.3 Å². The van der Waals surface area contributed by atoms with Gasteiger partial charge < -0.3 is 9.16 Å². The summed E-state index contributed by atoms with van der Waals surface area (Å²) in [5.74, 6) is -0.207. The third-order valence-electron chi connectivity index (χ3n) is 3.75. The fourth-order valence-corrected chi connectivity index (χ4v) is 2.44. The predicted molar refractivity (Wildman–Crippen MR) is 82.8 cm³/mol. The van der Waals surface area contributed by atoms with Crippen molar-refractivity contribution in [2.24, 2.45) is 0 Å². The molecule has 0 spiro atoms. The van der Waals surface area contributed by atoms with Crippen LogP contribution >= 0.6 is 0 Å². The van der Waals surface area contributed by atoms with Crippen molar-refractivity contribution in [1.29, 1.82) is 0 Å². The molecule has 0 rings (SSSR count). The van der Waals surface area contributed by atoms with Crippen molar-refractivity contribution < 1.29 is 14.0 Å². The normalized spacial score (nSPS) is 12.2. The van der Waals surface area contributed by atoms with Crippen molar-refractivity contribution in [2.45, 2.75) is 66.1 Å². The van der Waals surface area contributed by atoms with Crippen LogP contribution in [0.25, 0.3) is 0 Å². The van der Waals surface area contributed by atoms with E-state index in [1.165, 1.54) is 0 Å². The van der Waals surface area contributed by atoms with E-state index in [1.807, 2.05) is 20.8 Å². The lowest BCUT2D eigenvalue weighted by Crippen LogP contribution is -2.41. The van der Waals surface area contributed by atoms with Crippen molar-refractivity contribution in [3.63, 3.8) is 0 Å². The summed E-state index contributed by atoms with van der Waals surface area (Å²) in [6.07, 6.45) is 0.633. The highest BCUT2D eigenvalue weighted by atomic mass is 28.4. The van der Waals surface area contributed by atoms with Gasteiger partial charge in [-0.25, -0.2) is 4.79 Å². The minimum atomic E-state index is -1.73. The smallest absolute Gasteiger partial charge is 0.334 e. The molecule has 0 amide bonds. The van der Waals surface area contributed by atoms with Gasteiger partial charge >= 0.3 is 5.97 Å². The molecule has 0 aromatic rings. The molecule has 0 unspecified atom stereocenters. The predicted octanol–water partition coefficient (Wildman–Crippen LogP) is 4.30. The first-order valence-electron chi connectivity index (χ1n) is 7.00. The van der Waals surface area contributed by atoms with E-state index in [1.54, 1.807) is 0 Å². The summed E-state index contributed by atoms with van der Waals surface area (Å²) in [5, 5.41) is 0.196. The zero-order chi connectivity index (χ0) is 15.3. The molecular formula is C15H30O3Si. The van der Waals surface area contributed by atoms with Crippen LogP contribution in [0.2, 0.25) is 18.1 Å². The lowest BCUT2D eigenvalue weighted by molar-refractivity contribution is -0.138. The van der Waals surface area contributed by atoms with Crippen LogP contribution in [-0.2, 0) is 14.0 Å². The van der Waals surface area contributed by atoms with E-state index >= 15 is 0 Å². The van der Waals surface area contributed by atoms with Gasteiger partial charge in [0.05, 0.1) is 6.61 Å². The van der Waals surface area contributed by atoms with E-state index in [0.29, 0.717) is 19.6 Å². The van der Waals surface area contributed by atoms with Gasteiger partial charge in [0.1, 0.15) is 0 Å². The molecule has 0 radical (unpaired) electrons. The first-order valence-corrected chi connectivity index (χ1v) is 9.91. The first kappa shape index (κ1) is 18.4. The maximum atomic E-state index is 11.8. The first-order chi connectivity index (χ1) is 8.53. The van der Waals surface area contributed by atoms with Gasteiger partial charge in [-0.15, -0.1) is 0 Å². The lowest BCUT2D eigenvalue weighted by atomic mass is 10.1. The summed E-state index contributed by atoms with van der Waals surface area (Å²) in [7, 11) is -1.73. The molecule has 0 fully saturated rings. The monoisotopic (exact) mass is 286 g/mol. The number of hydrogen-bond donors (Lipinski definition) is 0. The Balaban J connectivity index is 4.55. The number of rotatable bonds is 6. The van der Waals surface area contributed by atoms with Crippen LogP contribution in [0.15, 0.2) is 11.1 Å². The van der Waals surface area contributed by atoms with Gasteiger partial charge in [0.15, 0.2) is 8.32 Å². The number of carbonyl (C=O) groups excluding carboxylic acids is 1. The van der Waals surface area contributed by atoms with Crippen molar-refractivity contribution in [3.05, 3.63) is 11.1 Å². The van der Waals surface area contributed by atoms with Gasteiger partial charge in [-0.1, -0.05) is 26.3 Å². The molecule has 0 bridgehead atoms. The summed E-state index contributed by atoms with van der Waals surface area (Å²) < 4.78 is 11.2. The Morgan fingerprint density at radius 2 is 1.68 bits per heavy atom. The van der Waals surface area contributed by atoms with Crippen LogP contribution in [0.3, 0.4) is 0 Å². The van der Waals surface area contributed by atoms with Crippen molar-refractivity contribution in [2.75, 3.05) is 13.2 Å². The Morgan fingerprint density at radius 3 is 2.05 bits per heavy atom. The maximum Gasteiger partial charge on any atom is 0.334 e. The molecular weight excluding hydrogens is 256 g/mol. The molecule has 4 heteroatoms. The summed E-state index contributed by atoms with van der Waals surface area (Å²) in [6, 6.07) is 0. The highest BCUT2D eigenvalue weighted by molar-refractivity contribution is 6.74. The molecule has 112 valence electrons. The topological polar surface area (TPSA) is 35.5 Å². The summed E-state index contributed by atoms with van der Waals surface area (Å²) in [6.45, 7) is 17.8. The van der Waals surface area contributed by atoms with E-state index in [2.05, 4.69) is 33.9 Å². The lowest BCUT2D eigenvalue weighted by Gasteiger charge is -2.36. The van der Waals surface area contributed by atoms with E-state index in [4.69, 9.17) is 9.16 Å². The summed E-state index contributed by atoms with van der Waals surface area (Å²) >= 11 is 0. The van der Waals surface area contributed by atoms with Gasteiger partial charge in [0, 0.05) is 18.6 Å². The Labute approximate surface area is 119 Å². The van der Waals surface area contributed by atoms with Crippen LogP contribution in [-0.4, -0.2) is 27.5 Å². The van der Waals surface area contributed by atoms with Gasteiger partial charge in [-0.05, 0) is 38.9 Å². The van der Waals surface area contributed by atoms with Gasteiger partial charge in [0.2, 0.25) is 0 Å². The zero-order valence-corrected chi connectivity index (χ0v) is 14.8. The van der Waals surface area contributed by atoms with Crippen LogP contribution in [0.5, 0.6) is 0 Å². The Bertz CT molecular complexity index is 334. The molecule has 0 saturated carbocycles. The second-order valence-electron chi connectivity index (χ2n) is 6.56. The minimum Gasteiger partial charge on any atom is -0.463 e. The highest BCUT2D eigenvalue weighted by Gasteiger charge is 2.37. The molecule has 0 saturated heterocycles. The average Bonchev–Trinajstić information content (AvgIpc) is 2.22. The van der Waals surface area contributed by atoms with E-state index in [-0.39, 0.29) is 11.0 Å². The van der Waals surface area contributed by atoms with E-state index in [0.717, 1.165) is 11.1 Å². The molecule has 0 aromatic carbocycles. The molecule has 0 aliphatic carbocycles. The standard InChI is InChI=1S/C15H30O3Si/c1-9-17-14(16)13(12(2)3)10-11-18-19(7,8)15(4,5)6/h9-11H2,1-8H3. The average molecular weight is 286 g/mol. The van der Waals surface area contributed by atoms with Gasteiger partial charge in [0.25, 0.3) is 0 Å². The molecule has 0 N–H and O–H groups in total. The maximum absolute atomic E-state index is 11.8. The van der Waals surface area contributed by atoms with E-state index in [9.17, 15) is 4.79 Å². The molecule has 0 heterocycles. The molecule has 0 aromatic heterocycles. The van der Waals surface area contributed by atoms with Crippen molar-refractivity contribution in [1.82, 2.24) is 0 Å². The third-order valence-corrected chi connectivity index (χ3v) is 8.28. The quantitative estimate of drug-likeness (QED) is 0.415. The highest BCUT2D eigenvalue weighted by Crippen LogP contribution is 2.36. The molecule has 0 aliphatic rings. The molecule has 0 aliphatic heterocycles. The summed E-state index contributed by atoms with van der Waals surface area (Å²) in [5.41, 5.74) is 1.76. The fraction of sp³-hybridized carbons (Fsp3) is 0.800. The third kappa shape index (κ3) is 5.91. The van der Waals surface area contributed by atoms with Crippen LogP contribution in [0.1, 0.15) is 48.0 Å². The fourth-order valence-electron chi connectivity index (χ4n) is 1.40. The van der Waals surface area contributed by atoms with E-state index < -0.39 is 8.32 Å². The van der Waals surface area contributed by atoms with Crippen LogP contribution in [0, 0.1) is 0 Å². The number of allylic oxidation sites excluding steroid dienone is 1. The van der Waals surface area contributed by atoms with Crippen molar-refractivity contribution in [3.8, 4) is 0 Å². The summed E-state index contributed by atoms with van der Waals surface area (Å²) in [4.78, 5) is 11.8. The minimum absolute atomic E-state index is 0.196. The van der Waals surface area contributed by atoms with Gasteiger partial charge in [-0.2, -0.15) is 0 Å². The molecule has 0 atom stereocenters. The second-order valence-corrected chi connectivity index (χ2v) is 11.4. The van der Waals surface area contributed by atoms with Gasteiger partial charge in [-0.3, -0.25) is 0 Å². The molecule has 19 heavy (non-hydrogen) atoms. The number of ether oxygens (including phenoxy) is 1. The largest absolute Gasteiger partial charge is 0.463 e. The Morgan fingerprint density at radius 1 is 1.16 bits per heavy atom. The van der Waals surface area contributed by atoms with Crippen LogP contribution in [0.4, 0.5) is 0 Å².